The van der Waals surface area contributed by atoms with Crippen LogP contribution in [0, 0.1) is 18.7 Å². The molecule has 0 aliphatic heterocycles. The molecule has 3 nitrogen and oxygen atoms in total. The first-order valence-corrected chi connectivity index (χ1v) is 7.28. The molecule has 5 heteroatoms. The Hall–Kier alpha value is -1.07. The van der Waals surface area contributed by atoms with E-state index >= 15 is 0 Å². The predicted octanol–water partition coefficient (Wildman–Crippen LogP) is 2.82. The van der Waals surface area contributed by atoms with Crippen LogP contribution in [0.1, 0.15) is 19.4 Å². The van der Waals surface area contributed by atoms with Crippen LogP contribution in [-0.4, -0.2) is 28.6 Å². The number of aryl methyl sites for hydroxylation is 1. The van der Waals surface area contributed by atoms with Crippen molar-refractivity contribution in [3.05, 3.63) is 29.6 Å². The minimum Gasteiger partial charge on any atom is -0.396 e. The van der Waals surface area contributed by atoms with Crippen LogP contribution in [0.25, 0.3) is 0 Å². The van der Waals surface area contributed by atoms with E-state index in [-0.39, 0.29) is 29.4 Å². The third-order valence-corrected chi connectivity index (χ3v) is 4.17. The van der Waals surface area contributed by atoms with Gasteiger partial charge in [0.2, 0.25) is 5.91 Å². The lowest BCUT2D eigenvalue weighted by Gasteiger charge is -2.14. The fourth-order valence-electron chi connectivity index (χ4n) is 1.39. The summed E-state index contributed by atoms with van der Waals surface area (Å²) in [6.07, 6.45) is 0. The van der Waals surface area contributed by atoms with Crippen molar-refractivity contribution < 1.29 is 14.3 Å². The maximum absolute atomic E-state index is 13.6. The molecule has 2 N–H and O–H groups in total. The van der Waals surface area contributed by atoms with Crippen LogP contribution in [0.15, 0.2) is 18.2 Å². The maximum Gasteiger partial charge on any atom is 0.237 e. The number of hydrogen-bond acceptors (Lipinski definition) is 3. The van der Waals surface area contributed by atoms with Crippen LogP contribution in [0.2, 0.25) is 0 Å². The topological polar surface area (TPSA) is 49.3 Å². The monoisotopic (exact) mass is 285 g/mol. The van der Waals surface area contributed by atoms with Crippen molar-refractivity contribution in [2.45, 2.75) is 26.0 Å². The smallest absolute Gasteiger partial charge is 0.237 e. The second kappa shape index (κ2) is 7.50. The van der Waals surface area contributed by atoms with Gasteiger partial charge in [0.1, 0.15) is 5.82 Å². The molecule has 106 valence electrons. The van der Waals surface area contributed by atoms with Gasteiger partial charge in [-0.1, -0.05) is 13.0 Å². The molecule has 0 fully saturated rings. The molecule has 0 unspecified atom stereocenters. The zero-order valence-corrected chi connectivity index (χ0v) is 12.3. The molecule has 0 bridgehead atoms. The molecule has 2 atom stereocenters. The van der Waals surface area contributed by atoms with Gasteiger partial charge in [-0.2, -0.15) is 0 Å². The summed E-state index contributed by atoms with van der Waals surface area (Å²) in [7, 11) is 0. The van der Waals surface area contributed by atoms with E-state index in [2.05, 4.69) is 5.32 Å². The van der Waals surface area contributed by atoms with Crippen molar-refractivity contribution in [3.8, 4) is 0 Å². The minimum atomic E-state index is -0.422. The molecule has 0 radical (unpaired) electrons. The molecular formula is C14H20FNO2S. The van der Waals surface area contributed by atoms with Crippen LogP contribution in [0.5, 0.6) is 0 Å². The zero-order chi connectivity index (χ0) is 14.4. The van der Waals surface area contributed by atoms with Crippen LogP contribution < -0.4 is 5.32 Å². The fourth-order valence-corrected chi connectivity index (χ4v) is 2.33. The van der Waals surface area contributed by atoms with Crippen molar-refractivity contribution in [1.82, 2.24) is 0 Å². The molecule has 0 saturated carbocycles. The first kappa shape index (κ1) is 16.0. The highest BCUT2D eigenvalue weighted by atomic mass is 32.2. The normalized spacial score (nSPS) is 13.9. The Morgan fingerprint density at radius 2 is 2.16 bits per heavy atom. The first-order valence-electron chi connectivity index (χ1n) is 6.23. The van der Waals surface area contributed by atoms with Gasteiger partial charge < -0.3 is 10.4 Å². The standard InChI is InChI=1S/C14H20FNO2S/c1-9-4-5-13(12(15)6-9)16-14(18)11(3)19-8-10(2)7-17/h4-6,10-11,17H,7-8H2,1-3H3,(H,16,18)/t10-,11-/m1/s1. The number of anilines is 1. The lowest BCUT2D eigenvalue weighted by Crippen LogP contribution is -2.24. The molecule has 1 aromatic carbocycles. The highest BCUT2D eigenvalue weighted by Gasteiger charge is 2.16. The van der Waals surface area contributed by atoms with Crippen molar-refractivity contribution in [2.75, 3.05) is 17.7 Å². The van der Waals surface area contributed by atoms with E-state index in [1.807, 2.05) is 6.92 Å². The maximum atomic E-state index is 13.6. The van der Waals surface area contributed by atoms with E-state index in [0.29, 0.717) is 5.75 Å². The van der Waals surface area contributed by atoms with Gasteiger partial charge in [-0.3, -0.25) is 4.79 Å². The van der Waals surface area contributed by atoms with E-state index in [1.54, 1.807) is 26.0 Å². The van der Waals surface area contributed by atoms with Crippen LogP contribution in [0.4, 0.5) is 10.1 Å². The summed E-state index contributed by atoms with van der Waals surface area (Å²) in [6, 6.07) is 4.71. The largest absolute Gasteiger partial charge is 0.396 e. The Labute approximate surface area is 117 Å². The van der Waals surface area contributed by atoms with E-state index in [9.17, 15) is 9.18 Å². The third-order valence-electron chi connectivity index (χ3n) is 2.69. The summed E-state index contributed by atoms with van der Waals surface area (Å²) in [5, 5.41) is 11.2. The second-order valence-corrected chi connectivity index (χ2v) is 6.11. The predicted molar refractivity (Wildman–Crippen MR) is 77.9 cm³/mol. The summed E-state index contributed by atoms with van der Waals surface area (Å²) in [5.74, 6) is 0.199. The molecule has 1 amide bonds. The highest BCUT2D eigenvalue weighted by molar-refractivity contribution is 8.00. The number of carbonyl (C=O) groups excluding carboxylic acids is 1. The summed E-state index contributed by atoms with van der Waals surface area (Å²) >= 11 is 1.45. The Morgan fingerprint density at radius 3 is 2.74 bits per heavy atom. The molecule has 0 saturated heterocycles. The zero-order valence-electron chi connectivity index (χ0n) is 11.4. The van der Waals surface area contributed by atoms with Crippen LogP contribution >= 0.6 is 11.8 Å². The number of thioether (sulfide) groups is 1. The Balaban J connectivity index is 2.54. The number of nitrogens with one attached hydrogen (secondary N) is 1. The summed E-state index contributed by atoms with van der Waals surface area (Å²) < 4.78 is 13.6. The van der Waals surface area contributed by atoms with Gasteiger partial charge >= 0.3 is 0 Å². The number of hydrogen-bond donors (Lipinski definition) is 2. The van der Waals surface area contributed by atoms with Gasteiger partial charge in [0.25, 0.3) is 0 Å². The lowest BCUT2D eigenvalue weighted by atomic mass is 10.2. The van der Waals surface area contributed by atoms with Gasteiger partial charge in [0.05, 0.1) is 10.9 Å². The first-order chi connectivity index (χ1) is 8.93. The fraction of sp³-hybridized carbons (Fsp3) is 0.500. The molecular weight excluding hydrogens is 265 g/mol. The minimum absolute atomic E-state index is 0.105. The molecule has 19 heavy (non-hydrogen) atoms. The van der Waals surface area contributed by atoms with Crippen molar-refractivity contribution in [3.63, 3.8) is 0 Å². The summed E-state index contributed by atoms with van der Waals surface area (Å²) in [4.78, 5) is 11.9. The second-order valence-electron chi connectivity index (χ2n) is 4.74. The molecule has 0 aromatic heterocycles. The Kier molecular flexibility index (Phi) is 6.31. The summed E-state index contributed by atoms with van der Waals surface area (Å²) in [6.45, 7) is 5.59. The molecule has 1 rings (SSSR count). The third kappa shape index (κ3) is 5.20. The van der Waals surface area contributed by atoms with Gasteiger partial charge in [-0.15, -0.1) is 11.8 Å². The van der Waals surface area contributed by atoms with E-state index in [0.717, 1.165) is 5.56 Å². The summed E-state index contributed by atoms with van der Waals surface area (Å²) in [5.41, 5.74) is 1.02. The number of benzene rings is 1. The van der Waals surface area contributed by atoms with E-state index < -0.39 is 5.82 Å². The molecule has 0 aliphatic rings. The number of carbonyl (C=O) groups is 1. The number of amides is 1. The van der Waals surface area contributed by atoms with Crippen LogP contribution in [-0.2, 0) is 4.79 Å². The number of halogens is 1. The van der Waals surface area contributed by atoms with Gasteiger partial charge in [-0.05, 0) is 43.2 Å². The molecule has 1 aromatic rings. The number of aliphatic hydroxyl groups is 1. The van der Waals surface area contributed by atoms with Gasteiger partial charge in [0, 0.05) is 6.61 Å². The molecule has 0 heterocycles. The quantitative estimate of drug-likeness (QED) is 0.845. The average molecular weight is 285 g/mol. The average Bonchev–Trinajstić information content (AvgIpc) is 2.38. The molecule has 0 aliphatic carbocycles. The van der Waals surface area contributed by atoms with Crippen LogP contribution in [0.3, 0.4) is 0 Å². The Bertz CT molecular complexity index is 439. The molecule has 0 spiro atoms. The van der Waals surface area contributed by atoms with E-state index in [1.165, 1.54) is 17.8 Å². The highest BCUT2D eigenvalue weighted by Crippen LogP contribution is 2.19. The number of rotatable bonds is 6. The van der Waals surface area contributed by atoms with Crippen molar-refractivity contribution >= 4 is 23.4 Å². The number of aliphatic hydroxyl groups excluding tert-OH is 1. The van der Waals surface area contributed by atoms with E-state index in [4.69, 9.17) is 5.11 Å². The van der Waals surface area contributed by atoms with Gasteiger partial charge in [0.15, 0.2) is 0 Å². The van der Waals surface area contributed by atoms with Gasteiger partial charge in [-0.25, -0.2) is 4.39 Å². The van der Waals surface area contributed by atoms with Crippen molar-refractivity contribution in [2.24, 2.45) is 5.92 Å². The van der Waals surface area contributed by atoms with Crippen molar-refractivity contribution in [1.29, 1.82) is 0 Å². The lowest BCUT2D eigenvalue weighted by molar-refractivity contribution is -0.115. The Morgan fingerprint density at radius 1 is 1.47 bits per heavy atom. The SMILES string of the molecule is Cc1ccc(NC(=O)[C@@H](C)SC[C@H](C)CO)c(F)c1.